The largest absolute Gasteiger partial charge is 0.279 e. The number of piperidine rings is 1. The second kappa shape index (κ2) is 5.27. The maximum Gasteiger partial charge on any atom is 0.279 e. The molecule has 0 aliphatic carbocycles. The Morgan fingerprint density at radius 2 is 2.06 bits per heavy atom. The SMILES string of the molecule is O=S(=O)(NCc1cccs1)N1CCCCC1. The first-order chi connectivity index (χ1) is 7.68. The van der Waals surface area contributed by atoms with Crippen LogP contribution in [-0.2, 0) is 16.8 Å². The van der Waals surface area contributed by atoms with Crippen LogP contribution in [0, 0.1) is 0 Å². The molecule has 1 fully saturated rings. The molecule has 0 unspecified atom stereocenters. The molecule has 2 heterocycles. The van der Waals surface area contributed by atoms with E-state index in [9.17, 15) is 8.42 Å². The molecule has 0 amide bonds. The summed E-state index contributed by atoms with van der Waals surface area (Å²) in [7, 11) is -3.27. The summed E-state index contributed by atoms with van der Waals surface area (Å²) < 4.78 is 28.0. The van der Waals surface area contributed by atoms with Crippen molar-refractivity contribution in [2.24, 2.45) is 0 Å². The first kappa shape index (κ1) is 12.0. The maximum atomic E-state index is 11.9. The summed E-state index contributed by atoms with van der Waals surface area (Å²) in [4.78, 5) is 1.04. The van der Waals surface area contributed by atoms with Gasteiger partial charge in [-0.15, -0.1) is 11.3 Å². The summed E-state index contributed by atoms with van der Waals surface area (Å²) in [5.74, 6) is 0. The zero-order valence-electron chi connectivity index (χ0n) is 9.05. The summed E-state index contributed by atoms with van der Waals surface area (Å²) in [6, 6.07) is 3.86. The van der Waals surface area contributed by atoms with Crippen LogP contribution < -0.4 is 4.72 Å². The van der Waals surface area contributed by atoms with Gasteiger partial charge >= 0.3 is 0 Å². The molecule has 1 aromatic heterocycles. The van der Waals surface area contributed by atoms with Gasteiger partial charge in [0.05, 0.1) is 0 Å². The normalized spacial score (nSPS) is 18.8. The van der Waals surface area contributed by atoms with Crippen molar-refractivity contribution in [1.29, 1.82) is 0 Å². The minimum Gasteiger partial charge on any atom is -0.197 e. The highest BCUT2D eigenvalue weighted by molar-refractivity contribution is 7.87. The van der Waals surface area contributed by atoms with Crippen LogP contribution in [0.15, 0.2) is 17.5 Å². The van der Waals surface area contributed by atoms with Gasteiger partial charge in [0.15, 0.2) is 0 Å². The van der Waals surface area contributed by atoms with Crippen molar-refractivity contribution in [1.82, 2.24) is 9.03 Å². The molecule has 0 saturated carbocycles. The Morgan fingerprint density at radius 3 is 2.69 bits per heavy atom. The molecule has 0 bridgehead atoms. The summed E-state index contributed by atoms with van der Waals surface area (Å²) in [5, 5.41) is 1.95. The van der Waals surface area contributed by atoms with Gasteiger partial charge in [-0.05, 0) is 24.3 Å². The second-order valence-corrected chi connectivity index (χ2v) is 6.65. The van der Waals surface area contributed by atoms with Crippen LogP contribution >= 0.6 is 11.3 Å². The van der Waals surface area contributed by atoms with E-state index >= 15 is 0 Å². The Bertz CT molecular complexity index is 408. The molecule has 1 aromatic rings. The second-order valence-electron chi connectivity index (χ2n) is 3.87. The number of nitrogens with one attached hydrogen (secondary N) is 1. The molecule has 0 spiro atoms. The first-order valence-electron chi connectivity index (χ1n) is 5.45. The van der Waals surface area contributed by atoms with Crippen LogP contribution in [0.25, 0.3) is 0 Å². The molecule has 0 atom stereocenters. The standard InChI is InChI=1S/C10H16N2O2S2/c13-16(14,12-6-2-1-3-7-12)11-9-10-5-4-8-15-10/h4-5,8,11H,1-3,6-7,9H2. The number of rotatable bonds is 4. The van der Waals surface area contributed by atoms with Crippen LogP contribution in [0.3, 0.4) is 0 Å². The predicted molar refractivity (Wildman–Crippen MR) is 65.5 cm³/mol. The number of hydrogen-bond donors (Lipinski definition) is 1. The van der Waals surface area contributed by atoms with Gasteiger partial charge < -0.3 is 0 Å². The smallest absolute Gasteiger partial charge is 0.197 e. The van der Waals surface area contributed by atoms with E-state index in [1.807, 2.05) is 17.5 Å². The van der Waals surface area contributed by atoms with Crippen LogP contribution in [0.1, 0.15) is 24.1 Å². The van der Waals surface area contributed by atoms with Crippen molar-refractivity contribution < 1.29 is 8.42 Å². The van der Waals surface area contributed by atoms with Crippen molar-refractivity contribution >= 4 is 21.5 Å². The summed E-state index contributed by atoms with van der Waals surface area (Å²) in [5.41, 5.74) is 0. The fourth-order valence-electron chi connectivity index (χ4n) is 1.77. The third-order valence-corrected chi connectivity index (χ3v) is 5.09. The lowest BCUT2D eigenvalue weighted by Gasteiger charge is -2.25. The minimum atomic E-state index is -3.27. The Balaban J connectivity index is 1.91. The molecule has 16 heavy (non-hydrogen) atoms. The molecule has 90 valence electrons. The molecular formula is C10H16N2O2S2. The van der Waals surface area contributed by atoms with E-state index in [0.29, 0.717) is 19.6 Å². The lowest BCUT2D eigenvalue weighted by Crippen LogP contribution is -2.43. The van der Waals surface area contributed by atoms with Gasteiger partial charge in [0.25, 0.3) is 10.2 Å². The van der Waals surface area contributed by atoms with E-state index in [4.69, 9.17) is 0 Å². The molecule has 4 nitrogen and oxygen atoms in total. The van der Waals surface area contributed by atoms with Gasteiger partial charge in [-0.2, -0.15) is 17.4 Å². The highest BCUT2D eigenvalue weighted by Gasteiger charge is 2.23. The van der Waals surface area contributed by atoms with Gasteiger partial charge in [0, 0.05) is 24.5 Å². The molecule has 1 saturated heterocycles. The summed E-state index contributed by atoms with van der Waals surface area (Å²) in [6.45, 7) is 1.70. The zero-order chi connectivity index (χ0) is 11.4. The fourth-order valence-corrected chi connectivity index (χ4v) is 3.77. The molecule has 2 rings (SSSR count). The maximum absolute atomic E-state index is 11.9. The quantitative estimate of drug-likeness (QED) is 0.893. The molecule has 1 aliphatic rings. The van der Waals surface area contributed by atoms with Gasteiger partial charge in [0.1, 0.15) is 0 Å². The Kier molecular flexibility index (Phi) is 3.96. The van der Waals surface area contributed by atoms with Crippen LogP contribution in [-0.4, -0.2) is 25.8 Å². The van der Waals surface area contributed by atoms with Gasteiger partial charge in [-0.1, -0.05) is 12.5 Å². The molecular weight excluding hydrogens is 244 g/mol. The van der Waals surface area contributed by atoms with Gasteiger partial charge in [-0.25, -0.2) is 0 Å². The molecule has 6 heteroatoms. The number of hydrogen-bond acceptors (Lipinski definition) is 3. The topological polar surface area (TPSA) is 49.4 Å². The molecule has 0 aromatic carbocycles. The predicted octanol–water partition coefficient (Wildman–Crippen LogP) is 1.57. The first-order valence-corrected chi connectivity index (χ1v) is 7.77. The van der Waals surface area contributed by atoms with E-state index in [1.54, 1.807) is 15.6 Å². The van der Waals surface area contributed by atoms with Crippen molar-refractivity contribution in [3.8, 4) is 0 Å². The minimum absolute atomic E-state index is 0.399. The number of thiophene rings is 1. The highest BCUT2D eigenvalue weighted by Crippen LogP contribution is 2.13. The van der Waals surface area contributed by atoms with E-state index < -0.39 is 10.2 Å². The van der Waals surface area contributed by atoms with Gasteiger partial charge in [-0.3, -0.25) is 0 Å². The fraction of sp³-hybridized carbons (Fsp3) is 0.600. The van der Waals surface area contributed by atoms with Gasteiger partial charge in [0.2, 0.25) is 0 Å². The summed E-state index contributed by atoms with van der Waals surface area (Å²) in [6.07, 6.45) is 3.08. The van der Waals surface area contributed by atoms with Crippen molar-refractivity contribution in [3.63, 3.8) is 0 Å². The van der Waals surface area contributed by atoms with E-state index in [0.717, 1.165) is 24.1 Å². The monoisotopic (exact) mass is 260 g/mol. The third kappa shape index (κ3) is 3.04. The zero-order valence-corrected chi connectivity index (χ0v) is 10.7. The molecule has 1 N–H and O–H groups in total. The van der Waals surface area contributed by atoms with E-state index in [-0.39, 0.29) is 0 Å². The van der Waals surface area contributed by atoms with Crippen LogP contribution in [0.4, 0.5) is 0 Å². The van der Waals surface area contributed by atoms with Crippen molar-refractivity contribution in [3.05, 3.63) is 22.4 Å². The lowest BCUT2D eigenvalue weighted by molar-refractivity contribution is 0.341. The third-order valence-electron chi connectivity index (χ3n) is 2.66. The Morgan fingerprint density at radius 1 is 1.31 bits per heavy atom. The van der Waals surface area contributed by atoms with Crippen LogP contribution in [0.5, 0.6) is 0 Å². The molecule has 1 aliphatic heterocycles. The average Bonchev–Trinajstić information content (AvgIpc) is 2.81. The van der Waals surface area contributed by atoms with Crippen molar-refractivity contribution in [2.75, 3.05) is 13.1 Å². The van der Waals surface area contributed by atoms with Crippen molar-refractivity contribution in [2.45, 2.75) is 25.8 Å². The highest BCUT2D eigenvalue weighted by atomic mass is 32.2. The van der Waals surface area contributed by atoms with E-state index in [1.165, 1.54) is 0 Å². The average molecular weight is 260 g/mol. The van der Waals surface area contributed by atoms with Crippen LogP contribution in [0.2, 0.25) is 0 Å². The lowest BCUT2D eigenvalue weighted by atomic mass is 10.2. The number of nitrogens with zero attached hydrogens (tertiary/aromatic N) is 1. The van der Waals surface area contributed by atoms with E-state index in [2.05, 4.69) is 4.72 Å². The Hall–Kier alpha value is -0.430. The summed E-state index contributed by atoms with van der Waals surface area (Å²) >= 11 is 1.56. The molecule has 0 radical (unpaired) electrons. The Labute approximate surface area is 100 Å².